The Bertz CT molecular complexity index is 482. The number of rotatable bonds is 4. The highest BCUT2D eigenvalue weighted by atomic mass is 32.1. The van der Waals surface area contributed by atoms with Gasteiger partial charge < -0.3 is 10.7 Å². The van der Waals surface area contributed by atoms with E-state index < -0.39 is 0 Å². The van der Waals surface area contributed by atoms with Gasteiger partial charge in [0.05, 0.1) is 18.4 Å². The predicted molar refractivity (Wildman–Crippen MR) is 65.3 cm³/mol. The minimum Gasteiger partial charge on any atom is -0.344 e. The molecule has 2 aromatic heterocycles. The van der Waals surface area contributed by atoms with E-state index in [2.05, 4.69) is 20.7 Å². The van der Waals surface area contributed by atoms with Gasteiger partial charge in [0.1, 0.15) is 10.7 Å². The Kier molecular flexibility index (Phi) is 3.63. The van der Waals surface area contributed by atoms with Gasteiger partial charge in [-0.25, -0.2) is 9.97 Å². The molecule has 0 fully saturated rings. The van der Waals surface area contributed by atoms with Crippen molar-refractivity contribution >= 4 is 22.9 Å². The van der Waals surface area contributed by atoms with Gasteiger partial charge in [-0.05, 0) is 12.1 Å². The first-order valence-corrected chi connectivity index (χ1v) is 5.77. The maximum atomic E-state index is 11.7. The van der Waals surface area contributed by atoms with Gasteiger partial charge in [-0.3, -0.25) is 10.6 Å². The molecule has 88 valence electrons. The Morgan fingerprint density at radius 1 is 1.41 bits per heavy atom. The lowest BCUT2D eigenvalue weighted by Crippen LogP contribution is -2.23. The topological polar surface area (TPSA) is 92.9 Å². The summed E-state index contributed by atoms with van der Waals surface area (Å²) in [6.07, 6.45) is 3.20. The third kappa shape index (κ3) is 2.99. The van der Waals surface area contributed by atoms with Crippen LogP contribution in [0.15, 0.2) is 29.9 Å². The molecular formula is C10H11N5OS. The predicted octanol–water partition coefficient (Wildman–Crippen LogP) is 0.754. The van der Waals surface area contributed by atoms with Crippen LogP contribution in [-0.4, -0.2) is 15.9 Å². The summed E-state index contributed by atoms with van der Waals surface area (Å²) in [6.45, 7) is 0.412. The van der Waals surface area contributed by atoms with E-state index in [-0.39, 0.29) is 5.91 Å². The first-order valence-electron chi connectivity index (χ1n) is 4.89. The van der Waals surface area contributed by atoms with Gasteiger partial charge in [-0.15, -0.1) is 11.3 Å². The van der Waals surface area contributed by atoms with Crippen LogP contribution >= 0.6 is 11.3 Å². The van der Waals surface area contributed by atoms with E-state index >= 15 is 0 Å². The second-order valence-corrected chi connectivity index (χ2v) is 4.16. The molecule has 2 aromatic rings. The third-order valence-electron chi connectivity index (χ3n) is 2.05. The van der Waals surface area contributed by atoms with Crippen molar-refractivity contribution in [3.8, 4) is 0 Å². The highest BCUT2D eigenvalue weighted by Crippen LogP contribution is 2.05. The number of hydrogen-bond acceptors (Lipinski definition) is 6. The Labute approximate surface area is 102 Å². The van der Waals surface area contributed by atoms with Crippen molar-refractivity contribution in [2.75, 3.05) is 5.43 Å². The number of anilines is 1. The third-order valence-corrected chi connectivity index (χ3v) is 2.83. The largest absolute Gasteiger partial charge is 0.344 e. The van der Waals surface area contributed by atoms with Crippen LogP contribution in [0.5, 0.6) is 0 Å². The monoisotopic (exact) mass is 249 g/mol. The Morgan fingerprint density at radius 2 is 2.29 bits per heavy atom. The zero-order chi connectivity index (χ0) is 12.1. The molecule has 0 saturated carbocycles. The van der Waals surface area contributed by atoms with Gasteiger partial charge in [0.2, 0.25) is 0 Å². The molecular weight excluding hydrogens is 238 g/mol. The lowest BCUT2D eigenvalue weighted by atomic mass is 10.3. The summed E-state index contributed by atoms with van der Waals surface area (Å²) in [4.78, 5) is 19.7. The first-order chi connectivity index (χ1) is 8.29. The van der Waals surface area contributed by atoms with Crippen molar-refractivity contribution in [3.05, 3.63) is 40.6 Å². The highest BCUT2D eigenvalue weighted by molar-refractivity contribution is 7.09. The summed E-state index contributed by atoms with van der Waals surface area (Å²) in [5.41, 5.74) is 3.45. The SMILES string of the molecule is NNc1ccc(C(=O)NCc2nccs2)nc1. The van der Waals surface area contributed by atoms with E-state index in [4.69, 9.17) is 5.84 Å². The highest BCUT2D eigenvalue weighted by Gasteiger charge is 2.07. The van der Waals surface area contributed by atoms with E-state index in [1.807, 2.05) is 5.38 Å². The van der Waals surface area contributed by atoms with Crippen LogP contribution < -0.4 is 16.6 Å². The molecule has 4 N–H and O–H groups in total. The molecule has 2 rings (SSSR count). The van der Waals surface area contributed by atoms with Crippen LogP contribution in [0.25, 0.3) is 0 Å². The van der Waals surface area contributed by atoms with Gasteiger partial charge in [0, 0.05) is 11.6 Å². The van der Waals surface area contributed by atoms with E-state index in [0.717, 1.165) is 5.01 Å². The van der Waals surface area contributed by atoms with Crippen molar-refractivity contribution in [3.63, 3.8) is 0 Å². The lowest BCUT2D eigenvalue weighted by molar-refractivity contribution is 0.0946. The molecule has 2 heterocycles. The van der Waals surface area contributed by atoms with Gasteiger partial charge in [-0.1, -0.05) is 0 Å². The molecule has 0 radical (unpaired) electrons. The standard InChI is InChI=1S/C10H11N5OS/c11-15-7-1-2-8(13-5-7)10(16)14-6-9-12-3-4-17-9/h1-5,15H,6,11H2,(H,14,16). The van der Waals surface area contributed by atoms with E-state index in [1.54, 1.807) is 18.3 Å². The molecule has 0 aromatic carbocycles. The van der Waals surface area contributed by atoms with Crippen LogP contribution in [0.1, 0.15) is 15.5 Å². The number of hydrogen-bond donors (Lipinski definition) is 3. The van der Waals surface area contributed by atoms with E-state index in [0.29, 0.717) is 17.9 Å². The number of carbonyl (C=O) groups is 1. The van der Waals surface area contributed by atoms with E-state index in [1.165, 1.54) is 17.5 Å². The van der Waals surface area contributed by atoms with E-state index in [9.17, 15) is 4.79 Å². The zero-order valence-electron chi connectivity index (χ0n) is 8.88. The fourth-order valence-corrected chi connectivity index (χ4v) is 1.76. The molecule has 0 aliphatic rings. The number of hydrazine groups is 1. The van der Waals surface area contributed by atoms with Gasteiger partial charge >= 0.3 is 0 Å². The molecule has 0 aliphatic carbocycles. The number of nitrogens with zero attached hydrogens (tertiary/aromatic N) is 2. The molecule has 0 unspecified atom stereocenters. The lowest BCUT2D eigenvalue weighted by Gasteiger charge is -2.03. The number of thiazole rings is 1. The molecule has 0 aliphatic heterocycles. The first kappa shape index (κ1) is 11.5. The van der Waals surface area contributed by atoms with Gasteiger partial charge in [0.15, 0.2) is 0 Å². The van der Waals surface area contributed by atoms with Crippen LogP contribution in [0, 0.1) is 0 Å². The quantitative estimate of drug-likeness (QED) is 0.549. The smallest absolute Gasteiger partial charge is 0.270 e. The Hall–Kier alpha value is -1.99. The normalized spacial score (nSPS) is 9.94. The molecule has 17 heavy (non-hydrogen) atoms. The summed E-state index contributed by atoms with van der Waals surface area (Å²) < 4.78 is 0. The number of carbonyl (C=O) groups excluding carboxylic acids is 1. The number of nitrogens with two attached hydrogens (primary N) is 1. The molecule has 6 nitrogen and oxygen atoms in total. The van der Waals surface area contributed by atoms with Crippen LogP contribution in [0.3, 0.4) is 0 Å². The van der Waals surface area contributed by atoms with Gasteiger partial charge in [0.25, 0.3) is 5.91 Å². The summed E-state index contributed by atoms with van der Waals surface area (Å²) in [5, 5.41) is 5.46. The summed E-state index contributed by atoms with van der Waals surface area (Å²) in [5.74, 6) is 4.97. The Balaban J connectivity index is 1.95. The molecule has 0 bridgehead atoms. The minimum atomic E-state index is -0.233. The number of nitrogen functional groups attached to an aromatic ring is 1. The number of pyridine rings is 1. The van der Waals surface area contributed by atoms with Gasteiger partial charge in [-0.2, -0.15) is 0 Å². The average Bonchev–Trinajstić information content (AvgIpc) is 2.89. The maximum absolute atomic E-state index is 11.7. The Morgan fingerprint density at radius 3 is 2.88 bits per heavy atom. The number of aromatic nitrogens is 2. The maximum Gasteiger partial charge on any atom is 0.270 e. The molecule has 0 spiro atoms. The van der Waals surface area contributed by atoms with Crippen LogP contribution in [0.4, 0.5) is 5.69 Å². The van der Waals surface area contributed by atoms with Crippen LogP contribution in [0.2, 0.25) is 0 Å². The fraction of sp³-hybridized carbons (Fsp3) is 0.100. The van der Waals surface area contributed by atoms with Crippen LogP contribution in [-0.2, 0) is 6.54 Å². The number of amides is 1. The summed E-state index contributed by atoms with van der Waals surface area (Å²) in [7, 11) is 0. The molecule has 1 amide bonds. The second-order valence-electron chi connectivity index (χ2n) is 3.18. The zero-order valence-corrected chi connectivity index (χ0v) is 9.70. The summed E-state index contributed by atoms with van der Waals surface area (Å²) in [6, 6.07) is 3.29. The van der Waals surface area contributed by atoms with Crippen molar-refractivity contribution < 1.29 is 4.79 Å². The van der Waals surface area contributed by atoms with Crippen molar-refractivity contribution in [2.24, 2.45) is 5.84 Å². The molecule has 7 heteroatoms. The molecule has 0 saturated heterocycles. The van der Waals surface area contributed by atoms with Crippen molar-refractivity contribution in [1.29, 1.82) is 0 Å². The number of nitrogens with one attached hydrogen (secondary N) is 2. The molecule has 0 atom stereocenters. The van der Waals surface area contributed by atoms with Crippen molar-refractivity contribution in [2.45, 2.75) is 6.54 Å². The minimum absolute atomic E-state index is 0.233. The van der Waals surface area contributed by atoms with Crippen molar-refractivity contribution in [1.82, 2.24) is 15.3 Å². The summed E-state index contributed by atoms with van der Waals surface area (Å²) >= 11 is 1.49. The average molecular weight is 249 g/mol. The fourth-order valence-electron chi connectivity index (χ4n) is 1.20. The second kappa shape index (κ2) is 5.37.